The number of morpholine rings is 1. The molecule has 1 aromatic carbocycles. The second-order valence-electron chi connectivity index (χ2n) is 3.98. The zero-order valence-electron chi connectivity index (χ0n) is 9.54. The average molecular weight is 292 g/mol. The van der Waals surface area contributed by atoms with Gasteiger partial charge in [0.25, 0.3) is 5.91 Å². The number of amides is 1. The molecule has 0 spiro atoms. The number of hydrogen-bond acceptors (Lipinski definition) is 2. The SMILES string of the molecule is O=C(c1cccc(F)c1Cl)N1CCOCC1CCl. The smallest absolute Gasteiger partial charge is 0.255 e. The Kier molecular flexibility index (Phi) is 4.43. The maximum atomic E-state index is 13.3. The van der Waals surface area contributed by atoms with Gasteiger partial charge < -0.3 is 9.64 Å². The first kappa shape index (κ1) is 13.6. The second kappa shape index (κ2) is 5.87. The van der Waals surface area contributed by atoms with Crippen molar-refractivity contribution in [2.24, 2.45) is 0 Å². The minimum absolute atomic E-state index is 0.151. The van der Waals surface area contributed by atoms with E-state index in [1.807, 2.05) is 0 Å². The van der Waals surface area contributed by atoms with Crippen LogP contribution < -0.4 is 0 Å². The lowest BCUT2D eigenvalue weighted by Crippen LogP contribution is -2.49. The number of carbonyl (C=O) groups excluding carboxylic acids is 1. The molecule has 1 amide bonds. The van der Waals surface area contributed by atoms with Crippen LogP contribution in [0.15, 0.2) is 18.2 Å². The Bertz CT molecular complexity index is 456. The van der Waals surface area contributed by atoms with E-state index in [9.17, 15) is 9.18 Å². The number of benzene rings is 1. The molecule has 0 saturated carbocycles. The van der Waals surface area contributed by atoms with Gasteiger partial charge in [-0.15, -0.1) is 11.6 Å². The van der Waals surface area contributed by atoms with Gasteiger partial charge in [0.1, 0.15) is 5.82 Å². The standard InChI is InChI=1S/C12H12Cl2FNO2/c13-6-8-7-18-5-4-16(8)12(17)9-2-1-3-10(15)11(9)14/h1-3,8H,4-7H2. The summed E-state index contributed by atoms with van der Waals surface area (Å²) in [5.41, 5.74) is 0.161. The number of halogens is 3. The molecule has 0 aliphatic carbocycles. The van der Waals surface area contributed by atoms with Gasteiger partial charge in [-0.3, -0.25) is 4.79 Å². The molecule has 2 rings (SSSR count). The number of alkyl halides is 1. The Balaban J connectivity index is 2.27. The van der Waals surface area contributed by atoms with Crippen LogP contribution in [0.5, 0.6) is 0 Å². The molecule has 1 saturated heterocycles. The minimum Gasteiger partial charge on any atom is -0.377 e. The van der Waals surface area contributed by atoms with Crippen LogP contribution in [0.2, 0.25) is 5.02 Å². The molecule has 0 bridgehead atoms. The fraction of sp³-hybridized carbons (Fsp3) is 0.417. The van der Waals surface area contributed by atoms with Crippen molar-refractivity contribution in [3.63, 3.8) is 0 Å². The third-order valence-electron chi connectivity index (χ3n) is 2.85. The first-order valence-corrected chi connectivity index (χ1v) is 6.45. The van der Waals surface area contributed by atoms with Crippen LogP contribution in [-0.4, -0.2) is 42.5 Å². The Morgan fingerprint density at radius 1 is 1.56 bits per heavy atom. The van der Waals surface area contributed by atoms with Gasteiger partial charge in [0.2, 0.25) is 0 Å². The molecular weight excluding hydrogens is 280 g/mol. The van der Waals surface area contributed by atoms with Crippen molar-refractivity contribution in [2.75, 3.05) is 25.6 Å². The van der Waals surface area contributed by atoms with E-state index in [-0.39, 0.29) is 28.4 Å². The van der Waals surface area contributed by atoms with Crippen molar-refractivity contribution in [3.8, 4) is 0 Å². The first-order chi connectivity index (χ1) is 8.65. The third kappa shape index (κ3) is 2.60. The molecule has 1 atom stereocenters. The predicted molar refractivity (Wildman–Crippen MR) is 67.8 cm³/mol. The zero-order chi connectivity index (χ0) is 13.1. The highest BCUT2D eigenvalue weighted by Crippen LogP contribution is 2.23. The van der Waals surface area contributed by atoms with E-state index in [1.54, 1.807) is 4.90 Å². The molecule has 1 aliphatic heterocycles. The lowest BCUT2D eigenvalue weighted by molar-refractivity contribution is 0.00455. The van der Waals surface area contributed by atoms with E-state index in [0.29, 0.717) is 19.8 Å². The van der Waals surface area contributed by atoms with Crippen LogP contribution >= 0.6 is 23.2 Å². The highest BCUT2D eigenvalue weighted by Gasteiger charge is 2.29. The van der Waals surface area contributed by atoms with Gasteiger partial charge in [-0.1, -0.05) is 17.7 Å². The molecule has 1 fully saturated rings. The van der Waals surface area contributed by atoms with Crippen molar-refractivity contribution in [3.05, 3.63) is 34.6 Å². The third-order valence-corrected chi connectivity index (χ3v) is 3.59. The number of nitrogens with zero attached hydrogens (tertiary/aromatic N) is 1. The molecule has 1 aliphatic rings. The minimum atomic E-state index is -0.599. The quantitative estimate of drug-likeness (QED) is 0.784. The molecule has 1 unspecified atom stereocenters. The van der Waals surface area contributed by atoms with E-state index < -0.39 is 5.82 Å². The number of hydrogen-bond donors (Lipinski definition) is 0. The van der Waals surface area contributed by atoms with E-state index >= 15 is 0 Å². The van der Waals surface area contributed by atoms with Crippen molar-refractivity contribution >= 4 is 29.1 Å². The summed E-state index contributed by atoms with van der Waals surface area (Å²) in [5.74, 6) is -0.634. The predicted octanol–water partition coefficient (Wildman–Crippen LogP) is 2.56. The Labute approximate surface area is 114 Å². The fourth-order valence-corrected chi connectivity index (χ4v) is 2.34. The summed E-state index contributed by atoms with van der Waals surface area (Å²) >= 11 is 11.6. The summed E-state index contributed by atoms with van der Waals surface area (Å²) in [4.78, 5) is 13.9. The highest BCUT2D eigenvalue weighted by molar-refractivity contribution is 6.34. The van der Waals surface area contributed by atoms with E-state index in [4.69, 9.17) is 27.9 Å². The fourth-order valence-electron chi connectivity index (χ4n) is 1.87. The van der Waals surface area contributed by atoms with Crippen molar-refractivity contribution in [1.29, 1.82) is 0 Å². The topological polar surface area (TPSA) is 29.5 Å². The van der Waals surface area contributed by atoms with Gasteiger partial charge in [0.05, 0.1) is 29.8 Å². The van der Waals surface area contributed by atoms with E-state index in [0.717, 1.165) is 0 Å². The monoisotopic (exact) mass is 291 g/mol. The maximum absolute atomic E-state index is 13.3. The van der Waals surface area contributed by atoms with Crippen LogP contribution in [0, 0.1) is 5.82 Å². The molecule has 0 radical (unpaired) electrons. The normalized spacial score (nSPS) is 19.9. The average Bonchev–Trinajstić information content (AvgIpc) is 2.41. The molecule has 0 aromatic heterocycles. The van der Waals surface area contributed by atoms with Crippen LogP contribution in [-0.2, 0) is 4.74 Å². The van der Waals surface area contributed by atoms with E-state index in [1.165, 1.54) is 18.2 Å². The molecule has 6 heteroatoms. The first-order valence-electron chi connectivity index (χ1n) is 5.54. The molecule has 1 heterocycles. The summed E-state index contributed by atoms with van der Waals surface area (Å²) in [5, 5.41) is -0.151. The summed E-state index contributed by atoms with van der Waals surface area (Å²) in [7, 11) is 0. The Hall–Kier alpha value is -0.840. The number of rotatable bonds is 2. The molecule has 98 valence electrons. The molecular formula is C12H12Cl2FNO2. The Morgan fingerprint density at radius 2 is 2.33 bits per heavy atom. The van der Waals surface area contributed by atoms with Gasteiger partial charge in [0.15, 0.2) is 0 Å². The van der Waals surface area contributed by atoms with Crippen molar-refractivity contribution < 1.29 is 13.9 Å². The zero-order valence-corrected chi connectivity index (χ0v) is 11.0. The largest absolute Gasteiger partial charge is 0.377 e. The van der Waals surface area contributed by atoms with Gasteiger partial charge in [-0.25, -0.2) is 4.39 Å². The van der Waals surface area contributed by atoms with Crippen molar-refractivity contribution in [2.45, 2.75) is 6.04 Å². The van der Waals surface area contributed by atoms with Crippen LogP contribution in [0.4, 0.5) is 4.39 Å². The summed E-state index contributed by atoms with van der Waals surface area (Å²) in [6.45, 7) is 1.28. The van der Waals surface area contributed by atoms with Crippen LogP contribution in [0.1, 0.15) is 10.4 Å². The van der Waals surface area contributed by atoms with Crippen LogP contribution in [0.3, 0.4) is 0 Å². The van der Waals surface area contributed by atoms with Crippen LogP contribution in [0.25, 0.3) is 0 Å². The van der Waals surface area contributed by atoms with Crippen molar-refractivity contribution in [1.82, 2.24) is 4.90 Å². The summed E-state index contributed by atoms with van der Waals surface area (Å²) in [6.07, 6.45) is 0. The molecule has 1 aromatic rings. The highest BCUT2D eigenvalue weighted by atomic mass is 35.5. The maximum Gasteiger partial charge on any atom is 0.255 e. The van der Waals surface area contributed by atoms with Gasteiger partial charge in [0, 0.05) is 12.4 Å². The second-order valence-corrected chi connectivity index (χ2v) is 4.67. The molecule has 18 heavy (non-hydrogen) atoms. The van der Waals surface area contributed by atoms with Gasteiger partial charge in [-0.05, 0) is 12.1 Å². The molecule has 0 N–H and O–H groups in total. The van der Waals surface area contributed by atoms with E-state index in [2.05, 4.69) is 0 Å². The summed E-state index contributed by atoms with van der Waals surface area (Å²) in [6, 6.07) is 3.99. The lowest BCUT2D eigenvalue weighted by Gasteiger charge is -2.34. The molecule has 3 nitrogen and oxygen atoms in total. The lowest BCUT2D eigenvalue weighted by atomic mass is 10.1. The Morgan fingerprint density at radius 3 is 3.06 bits per heavy atom. The van der Waals surface area contributed by atoms with Gasteiger partial charge >= 0.3 is 0 Å². The number of ether oxygens (including phenoxy) is 1. The van der Waals surface area contributed by atoms with Gasteiger partial charge in [-0.2, -0.15) is 0 Å². The number of carbonyl (C=O) groups is 1. The summed E-state index contributed by atoms with van der Waals surface area (Å²) < 4.78 is 18.6.